The van der Waals surface area contributed by atoms with Gasteiger partial charge in [-0.3, -0.25) is 5.43 Å². The third kappa shape index (κ3) is 4.35. The van der Waals surface area contributed by atoms with E-state index in [2.05, 4.69) is 15.5 Å². The topological polar surface area (TPSA) is 37.3 Å². The highest BCUT2D eigenvalue weighted by Crippen LogP contribution is 2.32. The molecule has 0 aliphatic carbocycles. The van der Waals surface area contributed by atoms with Crippen LogP contribution in [0.4, 0.5) is 18.3 Å². The first kappa shape index (κ1) is 18.7. The van der Waals surface area contributed by atoms with Crippen LogP contribution in [-0.2, 0) is 6.18 Å². The summed E-state index contributed by atoms with van der Waals surface area (Å²) in [6.07, 6.45) is -3.33. The van der Waals surface area contributed by atoms with E-state index in [1.807, 2.05) is 0 Å². The molecule has 134 valence electrons. The zero-order chi connectivity index (χ0) is 18.7. The Labute approximate surface area is 161 Å². The first-order valence-corrected chi connectivity index (χ1v) is 8.84. The van der Waals surface area contributed by atoms with E-state index in [1.165, 1.54) is 29.5 Å². The molecule has 26 heavy (non-hydrogen) atoms. The Morgan fingerprint density at radius 1 is 1.08 bits per heavy atom. The average Bonchev–Trinajstić information content (AvgIpc) is 3.06. The van der Waals surface area contributed by atoms with Gasteiger partial charge in [-0.25, -0.2) is 4.98 Å². The van der Waals surface area contributed by atoms with Crippen LogP contribution in [0, 0.1) is 0 Å². The van der Waals surface area contributed by atoms with Crippen molar-refractivity contribution in [3.05, 3.63) is 69.0 Å². The van der Waals surface area contributed by atoms with Crippen molar-refractivity contribution in [2.45, 2.75) is 6.18 Å². The normalized spacial score (nSPS) is 11.9. The van der Waals surface area contributed by atoms with Gasteiger partial charge in [-0.05, 0) is 18.2 Å². The maximum absolute atomic E-state index is 12.9. The Kier molecular flexibility index (Phi) is 5.50. The van der Waals surface area contributed by atoms with Gasteiger partial charge in [0.2, 0.25) is 5.13 Å². The van der Waals surface area contributed by atoms with Crippen molar-refractivity contribution in [1.82, 2.24) is 4.98 Å². The lowest BCUT2D eigenvalue weighted by molar-refractivity contribution is -0.137. The largest absolute Gasteiger partial charge is 0.417 e. The predicted octanol–water partition coefficient (Wildman–Crippen LogP) is 6.58. The summed E-state index contributed by atoms with van der Waals surface area (Å²) in [7, 11) is 0. The molecular formula is C17H10Cl2F3N3S. The SMILES string of the molecule is FC(F)(F)c1ccccc1/C=N\Nc1nc(-c2ccc(Cl)c(Cl)c2)cs1. The molecule has 1 heterocycles. The monoisotopic (exact) mass is 415 g/mol. The molecule has 0 unspecified atom stereocenters. The first-order valence-electron chi connectivity index (χ1n) is 7.21. The van der Waals surface area contributed by atoms with Crippen LogP contribution in [0.1, 0.15) is 11.1 Å². The number of nitrogens with zero attached hydrogens (tertiary/aromatic N) is 2. The summed E-state index contributed by atoms with van der Waals surface area (Å²) >= 11 is 13.1. The molecule has 0 fully saturated rings. The quantitative estimate of drug-likeness (QED) is 0.385. The van der Waals surface area contributed by atoms with Crippen molar-refractivity contribution in [1.29, 1.82) is 0 Å². The molecule has 0 spiro atoms. The van der Waals surface area contributed by atoms with Crippen molar-refractivity contribution >= 4 is 45.9 Å². The average molecular weight is 416 g/mol. The summed E-state index contributed by atoms with van der Waals surface area (Å²) in [5, 5.41) is 6.92. The molecule has 0 aliphatic rings. The van der Waals surface area contributed by atoms with Crippen molar-refractivity contribution in [2.75, 3.05) is 5.43 Å². The molecule has 0 amide bonds. The molecule has 2 aromatic carbocycles. The minimum absolute atomic E-state index is 0.0336. The zero-order valence-corrected chi connectivity index (χ0v) is 15.2. The Bertz CT molecular complexity index is 954. The molecule has 3 aromatic rings. The fourth-order valence-corrected chi connectivity index (χ4v) is 3.10. The van der Waals surface area contributed by atoms with E-state index >= 15 is 0 Å². The Hall–Kier alpha value is -2.09. The van der Waals surface area contributed by atoms with Gasteiger partial charge in [-0.1, -0.05) is 47.5 Å². The van der Waals surface area contributed by atoms with Crippen molar-refractivity contribution < 1.29 is 13.2 Å². The van der Waals surface area contributed by atoms with E-state index in [-0.39, 0.29) is 5.56 Å². The van der Waals surface area contributed by atoms with Crippen LogP contribution in [0.5, 0.6) is 0 Å². The van der Waals surface area contributed by atoms with Gasteiger partial charge in [0.1, 0.15) is 0 Å². The van der Waals surface area contributed by atoms with Crippen molar-refractivity contribution in [2.24, 2.45) is 5.10 Å². The van der Waals surface area contributed by atoms with Gasteiger partial charge >= 0.3 is 6.18 Å². The number of rotatable bonds is 4. The van der Waals surface area contributed by atoms with Crippen LogP contribution in [0.25, 0.3) is 11.3 Å². The molecular weight excluding hydrogens is 406 g/mol. The number of hydrogen-bond acceptors (Lipinski definition) is 4. The Balaban J connectivity index is 1.75. The number of alkyl halides is 3. The van der Waals surface area contributed by atoms with Gasteiger partial charge in [0.15, 0.2) is 0 Å². The minimum Gasteiger partial charge on any atom is -0.253 e. The number of hydrazone groups is 1. The minimum atomic E-state index is -4.44. The summed E-state index contributed by atoms with van der Waals surface area (Å²) in [5.74, 6) is 0. The molecule has 0 bridgehead atoms. The molecule has 0 saturated carbocycles. The molecule has 0 aliphatic heterocycles. The van der Waals surface area contributed by atoms with Crippen LogP contribution in [-0.4, -0.2) is 11.2 Å². The molecule has 0 saturated heterocycles. The molecule has 1 aromatic heterocycles. The number of anilines is 1. The van der Waals surface area contributed by atoms with Crippen molar-refractivity contribution in [3.8, 4) is 11.3 Å². The number of nitrogens with one attached hydrogen (secondary N) is 1. The standard InChI is InChI=1S/C17H10Cl2F3N3S/c18-13-6-5-10(7-14(13)19)15-9-26-16(24-15)25-23-8-11-3-1-2-4-12(11)17(20,21)22/h1-9H,(H,24,25)/b23-8-. The summed E-state index contributed by atoms with van der Waals surface area (Å²) in [6, 6.07) is 10.3. The highest BCUT2D eigenvalue weighted by Gasteiger charge is 2.32. The summed E-state index contributed by atoms with van der Waals surface area (Å²) in [6.45, 7) is 0. The maximum Gasteiger partial charge on any atom is 0.417 e. The Morgan fingerprint density at radius 3 is 2.58 bits per heavy atom. The lowest BCUT2D eigenvalue weighted by Gasteiger charge is -2.08. The van der Waals surface area contributed by atoms with E-state index in [1.54, 1.807) is 23.6 Å². The second-order valence-corrected chi connectivity index (χ2v) is 6.79. The maximum atomic E-state index is 12.9. The van der Waals surface area contributed by atoms with Gasteiger partial charge in [0.05, 0.1) is 27.5 Å². The van der Waals surface area contributed by atoms with E-state index in [9.17, 15) is 13.2 Å². The molecule has 3 rings (SSSR count). The van der Waals surface area contributed by atoms with Crippen LogP contribution in [0.2, 0.25) is 10.0 Å². The van der Waals surface area contributed by atoms with E-state index in [4.69, 9.17) is 23.2 Å². The van der Waals surface area contributed by atoms with Gasteiger partial charge in [0, 0.05) is 16.5 Å². The van der Waals surface area contributed by atoms with Crippen LogP contribution >= 0.6 is 34.5 Å². The van der Waals surface area contributed by atoms with E-state index in [0.717, 1.165) is 17.8 Å². The molecule has 3 nitrogen and oxygen atoms in total. The van der Waals surface area contributed by atoms with Crippen LogP contribution in [0.3, 0.4) is 0 Å². The molecule has 9 heteroatoms. The molecule has 0 radical (unpaired) electrons. The second-order valence-electron chi connectivity index (χ2n) is 5.12. The van der Waals surface area contributed by atoms with Gasteiger partial charge in [-0.2, -0.15) is 18.3 Å². The highest BCUT2D eigenvalue weighted by molar-refractivity contribution is 7.14. The van der Waals surface area contributed by atoms with Crippen molar-refractivity contribution in [3.63, 3.8) is 0 Å². The summed E-state index contributed by atoms with van der Waals surface area (Å²) in [5.41, 5.74) is 3.28. The van der Waals surface area contributed by atoms with Crippen LogP contribution < -0.4 is 5.43 Å². The zero-order valence-electron chi connectivity index (χ0n) is 12.9. The number of aromatic nitrogens is 1. The molecule has 1 N–H and O–H groups in total. The number of halogens is 5. The number of thiazole rings is 1. The third-order valence-corrected chi connectivity index (χ3v) is 4.84. The lowest BCUT2D eigenvalue weighted by atomic mass is 10.1. The van der Waals surface area contributed by atoms with E-state index in [0.29, 0.717) is 20.9 Å². The number of benzene rings is 2. The number of hydrogen-bond donors (Lipinski definition) is 1. The fraction of sp³-hybridized carbons (Fsp3) is 0.0588. The molecule has 0 atom stereocenters. The first-order chi connectivity index (χ1) is 12.3. The lowest BCUT2D eigenvalue weighted by Crippen LogP contribution is -2.08. The fourth-order valence-electron chi connectivity index (χ4n) is 2.14. The third-order valence-electron chi connectivity index (χ3n) is 3.35. The van der Waals surface area contributed by atoms with Gasteiger partial charge in [-0.15, -0.1) is 11.3 Å². The second kappa shape index (κ2) is 7.65. The Morgan fingerprint density at radius 2 is 1.85 bits per heavy atom. The summed E-state index contributed by atoms with van der Waals surface area (Å²) in [4.78, 5) is 4.32. The smallest absolute Gasteiger partial charge is 0.253 e. The predicted molar refractivity (Wildman–Crippen MR) is 100 cm³/mol. The van der Waals surface area contributed by atoms with Gasteiger partial charge < -0.3 is 0 Å². The summed E-state index contributed by atoms with van der Waals surface area (Å²) < 4.78 is 38.8. The van der Waals surface area contributed by atoms with Crippen LogP contribution in [0.15, 0.2) is 52.9 Å². The highest BCUT2D eigenvalue weighted by atomic mass is 35.5. The van der Waals surface area contributed by atoms with Gasteiger partial charge in [0.25, 0.3) is 0 Å². The van der Waals surface area contributed by atoms with E-state index < -0.39 is 11.7 Å².